The molecule has 18 heavy (non-hydrogen) atoms. The van der Waals surface area contributed by atoms with Crippen LogP contribution in [0.3, 0.4) is 0 Å². The average molecular weight is 241 g/mol. The van der Waals surface area contributed by atoms with Crippen molar-refractivity contribution in [2.75, 3.05) is 0 Å². The monoisotopic (exact) mass is 241 g/mol. The van der Waals surface area contributed by atoms with Crippen LogP contribution in [0.4, 0.5) is 0 Å². The fourth-order valence-electron chi connectivity index (χ4n) is 2.19. The molecule has 0 fully saturated rings. The zero-order valence-corrected chi connectivity index (χ0v) is 10.2. The number of benzene rings is 1. The molecule has 4 heteroatoms. The van der Waals surface area contributed by atoms with E-state index in [1.165, 1.54) is 0 Å². The minimum atomic E-state index is 0.0838. The fourth-order valence-corrected chi connectivity index (χ4v) is 2.19. The van der Waals surface area contributed by atoms with Gasteiger partial charge in [-0.1, -0.05) is 6.07 Å². The molecule has 0 radical (unpaired) electrons. The van der Waals surface area contributed by atoms with Crippen molar-refractivity contribution < 1.29 is 5.11 Å². The van der Waals surface area contributed by atoms with Gasteiger partial charge in [0.25, 0.3) is 0 Å². The van der Waals surface area contributed by atoms with Crippen LogP contribution in [0.15, 0.2) is 42.9 Å². The molecule has 1 aromatic carbocycles. The number of aryl methyl sites for hydroxylation is 1. The van der Waals surface area contributed by atoms with Crippen LogP contribution in [0, 0.1) is 0 Å². The molecule has 2 aromatic heterocycles. The fraction of sp³-hybridized carbons (Fsp3) is 0.214. The van der Waals surface area contributed by atoms with Gasteiger partial charge in [0.05, 0.1) is 13.2 Å². The second-order valence-corrected chi connectivity index (χ2v) is 4.45. The SMILES string of the molecule is Cn1ccnc1Cn1ccc2cc(CO)ccc21. The molecule has 3 aromatic rings. The van der Waals surface area contributed by atoms with E-state index in [4.69, 9.17) is 5.11 Å². The molecule has 0 aliphatic carbocycles. The van der Waals surface area contributed by atoms with Crippen LogP contribution in [0.25, 0.3) is 10.9 Å². The highest BCUT2D eigenvalue weighted by atomic mass is 16.3. The van der Waals surface area contributed by atoms with Gasteiger partial charge in [0.1, 0.15) is 5.82 Å². The van der Waals surface area contributed by atoms with Gasteiger partial charge in [-0.25, -0.2) is 4.98 Å². The van der Waals surface area contributed by atoms with Gasteiger partial charge in [0, 0.05) is 31.2 Å². The number of nitrogens with zero attached hydrogens (tertiary/aromatic N) is 3. The van der Waals surface area contributed by atoms with E-state index in [-0.39, 0.29) is 6.61 Å². The van der Waals surface area contributed by atoms with Gasteiger partial charge < -0.3 is 14.2 Å². The molecule has 0 amide bonds. The van der Waals surface area contributed by atoms with E-state index in [9.17, 15) is 0 Å². The van der Waals surface area contributed by atoms with Crippen molar-refractivity contribution in [3.05, 3.63) is 54.2 Å². The van der Waals surface area contributed by atoms with Crippen molar-refractivity contribution >= 4 is 10.9 Å². The number of rotatable bonds is 3. The lowest BCUT2D eigenvalue weighted by molar-refractivity contribution is 0.282. The zero-order valence-electron chi connectivity index (χ0n) is 10.2. The van der Waals surface area contributed by atoms with Crippen LogP contribution >= 0.6 is 0 Å². The van der Waals surface area contributed by atoms with Gasteiger partial charge in [-0.15, -0.1) is 0 Å². The first-order chi connectivity index (χ1) is 8.78. The molecule has 0 aliphatic rings. The zero-order chi connectivity index (χ0) is 12.5. The summed E-state index contributed by atoms with van der Waals surface area (Å²) in [5.41, 5.74) is 2.10. The lowest BCUT2D eigenvalue weighted by Gasteiger charge is -2.06. The number of hydrogen-bond acceptors (Lipinski definition) is 2. The van der Waals surface area contributed by atoms with Crippen molar-refractivity contribution in [3.8, 4) is 0 Å². The quantitative estimate of drug-likeness (QED) is 0.761. The molecule has 0 aliphatic heterocycles. The van der Waals surface area contributed by atoms with Gasteiger partial charge in [-0.05, 0) is 29.1 Å². The Morgan fingerprint density at radius 1 is 1.22 bits per heavy atom. The average Bonchev–Trinajstić information content (AvgIpc) is 2.97. The first-order valence-electron chi connectivity index (χ1n) is 5.93. The lowest BCUT2D eigenvalue weighted by Crippen LogP contribution is -2.04. The minimum absolute atomic E-state index is 0.0838. The van der Waals surface area contributed by atoms with Gasteiger partial charge in [0.2, 0.25) is 0 Å². The smallest absolute Gasteiger partial charge is 0.128 e. The first-order valence-corrected chi connectivity index (χ1v) is 5.93. The highest BCUT2D eigenvalue weighted by Gasteiger charge is 2.05. The number of aromatic nitrogens is 3. The molecule has 92 valence electrons. The van der Waals surface area contributed by atoms with E-state index in [0.717, 1.165) is 28.8 Å². The Hall–Kier alpha value is -2.07. The Balaban J connectivity index is 2.00. The van der Waals surface area contributed by atoms with E-state index < -0.39 is 0 Å². The van der Waals surface area contributed by atoms with Gasteiger partial charge >= 0.3 is 0 Å². The van der Waals surface area contributed by atoms with E-state index in [2.05, 4.69) is 21.8 Å². The molecular formula is C14H15N3O. The Morgan fingerprint density at radius 3 is 2.83 bits per heavy atom. The molecule has 4 nitrogen and oxygen atoms in total. The number of hydrogen-bond donors (Lipinski definition) is 1. The van der Waals surface area contributed by atoms with Crippen molar-refractivity contribution in [3.63, 3.8) is 0 Å². The predicted molar refractivity (Wildman–Crippen MR) is 70.2 cm³/mol. The number of imidazole rings is 1. The second kappa shape index (κ2) is 4.31. The number of aliphatic hydroxyl groups excluding tert-OH is 1. The largest absolute Gasteiger partial charge is 0.392 e. The summed E-state index contributed by atoms with van der Waals surface area (Å²) in [4.78, 5) is 4.33. The third-order valence-corrected chi connectivity index (χ3v) is 3.25. The molecule has 0 atom stereocenters. The summed E-state index contributed by atoms with van der Waals surface area (Å²) in [6.45, 7) is 0.839. The summed E-state index contributed by atoms with van der Waals surface area (Å²) in [6.07, 6.45) is 5.82. The minimum Gasteiger partial charge on any atom is -0.392 e. The first kappa shape index (κ1) is 11.0. The van der Waals surface area contributed by atoms with Crippen molar-refractivity contribution in [1.82, 2.24) is 14.1 Å². The molecule has 0 spiro atoms. The molecule has 0 saturated heterocycles. The summed E-state index contributed by atoms with van der Waals surface area (Å²) < 4.78 is 4.19. The molecule has 0 unspecified atom stereocenters. The molecule has 0 saturated carbocycles. The maximum Gasteiger partial charge on any atom is 0.128 e. The number of fused-ring (bicyclic) bond motifs is 1. The molecule has 3 rings (SSSR count). The van der Waals surface area contributed by atoms with Gasteiger partial charge in [-0.2, -0.15) is 0 Å². The van der Waals surface area contributed by atoms with E-state index >= 15 is 0 Å². The summed E-state index contributed by atoms with van der Waals surface area (Å²) in [6, 6.07) is 8.09. The third kappa shape index (κ3) is 1.80. The molecule has 2 heterocycles. The Labute approximate surface area is 105 Å². The molecule has 1 N–H and O–H groups in total. The van der Waals surface area contributed by atoms with Crippen molar-refractivity contribution in [2.24, 2.45) is 7.05 Å². The normalized spacial score (nSPS) is 11.2. The summed E-state index contributed by atoms with van der Waals surface area (Å²) in [7, 11) is 2.00. The highest BCUT2D eigenvalue weighted by molar-refractivity contribution is 5.80. The van der Waals surface area contributed by atoms with Crippen LogP contribution < -0.4 is 0 Å². The number of aliphatic hydroxyl groups is 1. The summed E-state index contributed by atoms with van der Waals surface area (Å²) in [5.74, 6) is 1.03. The second-order valence-electron chi connectivity index (χ2n) is 4.45. The van der Waals surface area contributed by atoms with Crippen molar-refractivity contribution in [1.29, 1.82) is 0 Å². The lowest BCUT2D eigenvalue weighted by atomic mass is 10.2. The summed E-state index contributed by atoms with van der Waals surface area (Å²) >= 11 is 0. The van der Waals surface area contributed by atoms with Gasteiger partial charge in [0.15, 0.2) is 0 Å². The van der Waals surface area contributed by atoms with Crippen LogP contribution in [-0.2, 0) is 20.2 Å². The predicted octanol–water partition coefficient (Wildman–Crippen LogP) is 1.92. The summed E-state index contributed by atoms with van der Waals surface area (Å²) in [5, 5.41) is 10.3. The maximum absolute atomic E-state index is 9.13. The highest BCUT2D eigenvalue weighted by Crippen LogP contribution is 2.18. The molecular weight excluding hydrogens is 226 g/mol. The standard InChI is InChI=1S/C14H15N3O/c1-16-7-5-15-14(16)9-17-6-4-12-8-11(10-18)2-3-13(12)17/h2-8,18H,9-10H2,1H3. The van der Waals surface area contributed by atoms with Crippen LogP contribution in [0.5, 0.6) is 0 Å². The Kier molecular flexibility index (Phi) is 2.64. The third-order valence-electron chi connectivity index (χ3n) is 3.25. The van der Waals surface area contributed by atoms with E-state index in [1.807, 2.05) is 42.2 Å². The van der Waals surface area contributed by atoms with E-state index in [0.29, 0.717) is 0 Å². The maximum atomic E-state index is 9.13. The van der Waals surface area contributed by atoms with Crippen LogP contribution in [0.2, 0.25) is 0 Å². The topological polar surface area (TPSA) is 43.0 Å². The molecule has 0 bridgehead atoms. The van der Waals surface area contributed by atoms with Crippen molar-refractivity contribution in [2.45, 2.75) is 13.2 Å². The van der Waals surface area contributed by atoms with Crippen LogP contribution in [0.1, 0.15) is 11.4 Å². The van der Waals surface area contributed by atoms with E-state index in [1.54, 1.807) is 0 Å². The Bertz CT molecular complexity index is 681. The Morgan fingerprint density at radius 2 is 2.11 bits per heavy atom. The van der Waals surface area contributed by atoms with Crippen LogP contribution in [-0.4, -0.2) is 19.2 Å². The van der Waals surface area contributed by atoms with Gasteiger partial charge in [-0.3, -0.25) is 0 Å².